The molecule has 58 heavy (non-hydrogen) atoms. The van der Waals surface area contributed by atoms with Crippen LogP contribution in [0.2, 0.25) is 0 Å². The van der Waals surface area contributed by atoms with Crippen LogP contribution < -0.4 is 9.47 Å². The topological polar surface area (TPSA) is 119 Å². The zero-order chi connectivity index (χ0) is 40.8. The Balaban J connectivity index is 0.00000166. The standard InChI is InChI=1S/C45H50N6O4.C2H4O/c1-29-35(13-9-14-36(29)45-48-40-22-30(21-31(25-46)44(40)55-45)27-49(2)32-11-7-6-8-12-32)37-15-10-16-41-38(37)26-47-51(41)34-23-42(52-4)39(43(24-34)53-5)28-50(3)33-17-19-54-20-18-33;1-2-3/h9-10,13-16,21-24,26,32-33H,6-8,11-12,17-20,27-28H2,1-5H3;2H,1H3. The van der Waals surface area contributed by atoms with E-state index in [2.05, 4.69) is 67.2 Å². The van der Waals surface area contributed by atoms with Crippen molar-refractivity contribution in [2.24, 2.45) is 0 Å². The van der Waals surface area contributed by atoms with Crippen LogP contribution in [0.15, 0.2) is 71.3 Å². The second-order valence-corrected chi connectivity index (χ2v) is 15.4. The number of methoxy groups -OCH3 is 2. The summed E-state index contributed by atoms with van der Waals surface area (Å²) in [6, 6.07) is 24.0. The Morgan fingerprint density at radius 1 is 0.879 bits per heavy atom. The Hall–Kier alpha value is -5.54. The number of fused-ring (bicyclic) bond motifs is 2. The third kappa shape index (κ3) is 8.37. The predicted octanol–water partition coefficient (Wildman–Crippen LogP) is 9.28. The van der Waals surface area contributed by atoms with E-state index in [1.54, 1.807) is 14.2 Å². The van der Waals surface area contributed by atoms with Crippen molar-refractivity contribution in [1.82, 2.24) is 24.6 Å². The molecule has 1 saturated heterocycles. The molecule has 8 rings (SSSR count). The van der Waals surface area contributed by atoms with Gasteiger partial charge in [0, 0.05) is 61.5 Å². The fourth-order valence-electron chi connectivity index (χ4n) is 8.72. The molecule has 0 amide bonds. The number of hydrogen-bond acceptors (Lipinski definition) is 10. The summed E-state index contributed by atoms with van der Waals surface area (Å²) in [5, 5.41) is 16.0. The van der Waals surface area contributed by atoms with Gasteiger partial charge in [-0.2, -0.15) is 10.4 Å². The van der Waals surface area contributed by atoms with Gasteiger partial charge in [0.05, 0.1) is 42.7 Å². The van der Waals surface area contributed by atoms with Crippen LogP contribution in [0.3, 0.4) is 0 Å². The molecule has 0 bridgehead atoms. The maximum Gasteiger partial charge on any atom is 0.227 e. The minimum Gasteiger partial charge on any atom is -0.496 e. The monoisotopic (exact) mass is 782 g/mol. The largest absolute Gasteiger partial charge is 0.496 e. The lowest BCUT2D eigenvalue weighted by Crippen LogP contribution is -2.36. The van der Waals surface area contributed by atoms with Gasteiger partial charge in [-0.05, 0) is 100 Å². The van der Waals surface area contributed by atoms with Crippen molar-refractivity contribution >= 4 is 28.3 Å². The van der Waals surface area contributed by atoms with Crippen LogP contribution in [0.5, 0.6) is 11.5 Å². The van der Waals surface area contributed by atoms with Crippen LogP contribution >= 0.6 is 0 Å². The SMILES string of the molecule is CC=O.COc1cc(-n2ncc3c(-c4cccc(-c5nc6cc(CN(C)C7CCCCC7)cc(C#N)c6o5)c4C)cccc32)cc(OC)c1CN(C)C1CCOCC1. The van der Waals surface area contributed by atoms with Crippen LogP contribution in [-0.4, -0.2) is 84.5 Å². The Bertz CT molecular complexity index is 2390. The van der Waals surface area contributed by atoms with E-state index in [4.69, 9.17) is 33.5 Å². The molecule has 4 aromatic carbocycles. The van der Waals surface area contributed by atoms with Crippen LogP contribution in [0.25, 0.3) is 50.3 Å². The lowest BCUT2D eigenvalue weighted by Gasteiger charge is -2.32. The van der Waals surface area contributed by atoms with Crippen LogP contribution in [0.1, 0.15) is 74.1 Å². The van der Waals surface area contributed by atoms with E-state index in [1.165, 1.54) is 39.0 Å². The second kappa shape index (κ2) is 18.4. The summed E-state index contributed by atoms with van der Waals surface area (Å²) in [4.78, 5) is 18.6. The molecule has 11 heteroatoms. The molecule has 2 fully saturated rings. The zero-order valence-corrected chi connectivity index (χ0v) is 34.6. The van der Waals surface area contributed by atoms with Gasteiger partial charge in [-0.1, -0.05) is 43.5 Å². The van der Waals surface area contributed by atoms with E-state index in [1.807, 2.05) is 41.2 Å². The first-order valence-electron chi connectivity index (χ1n) is 20.3. The smallest absolute Gasteiger partial charge is 0.227 e. The Morgan fingerprint density at radius 2 is 1.52 bits per heavy atom. The molecule has 2 aliphatic rings. The van der Waals surface area contributed by atoms with Crippen molar-refractivity contribution in [1.29, 1.82) is 5.26 Å². The summed E-state index contributed by atoms with van der Waals surface area (Å²) < 4.78 is 25.9. The number of carbonyl (C=O) groups excluding carboxylic acids is 1. The van der Waals surface area contributed by atoms with E-state index in [-0.39, 0.29) is 0 Å². The molecule has 1 aliphatic heterocycles. The molecule has 2 aromatic heterocycles. The normalized spacial score (nSPS) is 15.1. The molecule has 0 unspecified atom stereocenters. The summed E-state index contributed by atoms with van der Waals surface area (Å²) >= 11 is 0. The van der Waals surface area contributed by atoms with Gasteiger partial charge in [-0.25, -0.2) is 9.67 Å². The first-order valence-corrected chi connectivity index (χ1v) is 20.3. The number of hydrogen-bond donors (Lipinski definition) is 0. The summed E-state index contributed by atoms with van der Waals surface area (Å²) in [6.45, 7) is 6.61. The van der Waals surface area contributed by atoms with Gasteiger partial charge in [0.15, 0.2) is 5.58 Å². The number of nitriles is 1. The maximum absolute atomic E-state index is 10.1. The Morgan fingerprint density at radius 3 is 2.21 bits per heavy atom. The molecule has 1 aliphatic carbocycles. The lowest BCUT2D eigenvalue weighted by atomic mass is 9.94. The molecule has 6 aromatic rings. The van der Waals surface area contributed by atoms with E-state index in [9.17, 15) is 5.26 Å². The van der Waals surface area contributed by atoms with Crippen molar-refractivity contribution in [3.05, 3.63) is 89.1 Å². The van der Waals surface area contributed by atoms with Gasteiger partial charge < -0.3 is 23.4 Å². The number of oxazole rings is 1. The van der Waals surface area contributed by atoms with Crippen LogP contribution in [0.4, 0.5) is 0 Å². The third-order valence-electron chi connectivity index (χ3n) is 11.8. The second-order valence-electron chi connectivity index (χ2n) is 15.4. The molecular weight excluding hydrogens is 729 g/mol. The summed E-state index contributed by atoms with van der Waals surface area (Å²) in [6.07, 6.45) is 11.1. The third-order valence-corrected chi connectivity index (χ3v) is 11.8. The number of rotatable bonds is 11. The minimum atomic E-state index is 0.451. The number of ether oxygens (including phenoxy) is 3. The van der Waals surface area contributed by atoms with Crippen molar-refractivity contribution in [2.75, 3.05) is 41.5 Å². The Labute approximate surface area is 341 Å². The fourth-order valence-corrected chi connectivity index (χ4v) is 8.72. The number of benzene rings is 4. The molecular formula is C47H54N6O5. The van der Waals surface area contributed by atoms with E-state index in [0.717, 1.165) is 100 Å². The molecule has 11 nitrogen and oxygen atoms in total. The van der Waals surface area contributed by atoms with Crippen LogP contribution in [-0.2, 0) is 22.6 Å². The molecule has 302 valence electrons. The predicted molar refractivity (Wildman–Crippen MR) is 227 cm³/mol. The average molecular weight is 783 g/mol. The van der Waals surface area contributed by atoms with Gasteiger partial charge in [0.1, 0.15) is 29.4 Å². The number of aromatic nitrogens is 3. The highest BCUT2D eigenvalue weighted by Gasteiger charge is 2.24. The highest BCUT2D eigenvalue weighted by atomic mass is 16.5. The van der Waals surface area contributed by atoms with Gasteiger partial charge in [-0.15, -0.1) is 0 Å². The highest BCUT2D eigenvalue weighted by Crippen LogP contribution is 2.39. The number of aldehydes is 1. The van der Waals surface area contributed by atoms with Crippen molar-refractivity contribution in [2.45, 2.75) is 84.0 Å². The van der Waals surface area contributed by atoms with Crippen molar-refractivity contribution in [3.63, 3.8) is 0 Å². The summed E-state index contributed by atoms with van der Waals surface area (Å²) in [5.41, 5.74) is 9.70. The van der Waals surface area contributed by atoms with Crippen molar-refractivity contribution in [3.8, 4) is 45.8 Å². The summed E-state index contributed by atoms with van der Waals surface area (Å²) in [5.74, 6) is 2.03. The van der Waals surface area contributed by atoms with Gasteiger partial charge in [0.2, 0.25) is 5.89 Å². The molecule has 1 saturated carbocycles. The first kappa shape index (κ1) is 40.6. The van der Waals surface area contributed by atoms with Crippen molar-refractivity contribution < 1.29 is 23.4 Å². The molecule has 3 heterocycles. The lowest BCUT2D eigenvalue weighted by molar-refractivity contribution is -0.106. The molecule has 0 spiro atoms. The Kier molecular flexibility index (Phi) is 12.9. The maximum atomic E-state index is 10.1. The average Bonchev–Trinajstić information content (AvgIpc) is 3.89. The van der Waals surface area contributed by atoms with Gasteiger partial charge in [0.25, 0.3) is 0 Å². The highest BCUT2D eigenvalue weighted by molar-refractivity contribution is 5.97. The van der Waals surface area contributed by atoms with Gasteiger partial charge >= 0.3 is 0 Å². The van der Waals surface area contributed by atoms with Crippen LogP contribution in [0, 0.1) is 18.3 Å². The van der Waals surface area contributed by atoms with E-state index in [0.29, 0.717) is 41.2 Å². The fraction of sp³-hybridized carbons (Fsp3) is 0.404. The quantitative estimate of drug-likeness (QED) is 0.118. The number of nitrogens with zero attached hydrogens (tertiary/aromatic N) is 6. The first-order chi connectivity index (χ1) is 28.3. The van der Waals surface area contributed by atoms with E-state index < -0.39 is 0 Å². The molecule has 0 atom stereocenters. The van der Waals surface area contributed by atoms with E-state index >= 15 is 0 Å². The van der Waals surface area contributed by atoms with Gasteiger partial charge in [-0.3, -0.25) is 9.80 Å². The molecule has 0 radical (unpaired) electrons. The zero-order valence-electron chi connectivity index (χ0n) is 34.6. The minimum absolute atomic E-state index is 0.451. The molecule has 0 N–H and O–H groups in total. The number of carbonyl (C=O) groups is 1. The summed E-state index contributed by atoms with van der Waals surface area (Å²) in [7, 11) is 7.76.